The Hall–Kier alpha value is -0.380. The Kier molecular flexibility index (Phi) is 3.21. The average molecular weight is 256 g/mol. The smallest absolute Gasteiger partial charge is 0.104 e. The monoisotopic (exact) mass is 255 g/mol. The van der Waals surface area contributed by atoms with Gasteiger partial charge in [-0.15, -0.1) is 0 Å². The summed E-state index contributed by atoms with van der Waals surface area (Å²) in [5.41, 5.74) is 1.26. The van der Waals surface area contributed by atoms with Crippen LogP contribution in [-0.4, -0.2) is 18.7 Å². The molecule has 1 aromatic rings. The number of rotatable bonds is 1. The van der Waals surface area contributed by atoms with Crippen molar-refractivity contribution in [2.45, 2.75) is 18.9 Å². The fourth-order valence-corrected chi connectivity index (χ4v) is 1.99. The van der Waals surface area contributed by atoms with Gasteiger partial charge in [0.05, 0.1) is 0 Å². The van der Waals surface area contributed by atoms with Gasteiger partial charge < -0.3 is 0 Å². The van der Waals surface area contributed by atoms with Gasteiger partial charge in [-0.1, -0.05) is 28.1 Å². The van der Waals surface area contributed by atoms with Crippen molar-refractivity contribution >= 4 is 15.9 Å². The quantitative estimate of drug-likeness (QED) is 0.765. The summed E-state index contributed by atoms with van der Waals surface area (Å²) >= 11 is 3.43. The third-order valence-corrected chi connectivity index (χ3v) is 3.02. The molecule has 0 aromatic heterocycles. The van der Waals surface area contributed by atoms with Crippen molar-refractivity contribution in [1.29, 1.82) is 0 Å². The maximum Gasteiger partial charge on any atom is 0.104 e. The van der Waals surface area contributed by atoms with E-state index in [0.29, 0.717) is 0 Å². The molecule has 0 unspecified atom stereocenters. The van der Waals surface area contributed by atoms with Crippen molar-refractivity contribution < 1.29 is 4.84 Å². The van der Waals surface area contributed by atoms with E-state index in [1.165, 1.54) is 12.0 Å². The fraction of sp³-hybridized carbons (Fsp3) is 0.455. The highest BCUT2D eigenvalue weighted by atomic mass is 79.9. The zero-order valence-electron chi connectivity index (χ0n) is 8.24. The second-order valence-corrected chi connectivity index (χ2v) is 4.56. The molecule has 1 heterocycles. The lowest BCUT2D eigenvalue weighted by Gasteiger charge is -2.29. The maximum atomic E-state index is 5.73. The molecule has 76 valence electrons. The molecule has 1 aliphatic rings. The molecular weight excluding hydrogens is 242 g/mol. The Morgan fingerprint density at radius 1 is 1.36 bits per heavy atom. The highest BCUT2D eigenvalue weighted by Crippen LogP contribution is 2.28. The summed E-state index contributed by atoms with van der Waals surface area (Å²) in [6.07, 6.45) is 2.56. The normalized spacial score (nSPS) is 23.7. The maximum absolute atomic E-state index is 5.73. The largest absolute Gasteiger partial charge is 0.291 e. The molecule has 3 heteroatoms. The topological polar surface area (TPSA) is 12.5 Å². The van der Waals surface area contributed by atoms with Crippen LogP contribution in [0.15, 0.2) is 28.7 Å². The van der Waals surface area contributed by atoms with Gasteiger partial charge >= 0.3 is 0 Å². The van der Waals surface area contributed by atoms with Crippen LogP contribution in [-0.2, 0) is 4.84 Å². The van der Waals surface area contributed by atoms with Gasteiger partial charge in [0, 0.05) is 18.1 Å². The van der Waals surface area contributed by atoms with E-state index in [4.69, 9.17) is 4.84 Å². The van der Waals surface area contributed by atoms with Gasteiger partial charge in [-0.3, -0.25) is 4.84 Å². The molecule has 1 saturated heterocycles. The molecule has 0 aliphatic carbocycles. The van der Waals surface area contributed by atoms with Crippen molar-refractivity contribution in [3.63, 3.8) is 0 Å². The van der Waals surface area contributed by atoms with Gasteiger partial charge in [-0.25, -0.2) is 0 Å². The van der Waals surface area contributed by atoms with Gasteiger partial charge in [0.25, 0.3) is 0 Å². The van der Waals surface area contributed by atoms with Crippen molar-refractivity contribution in [1.82, 2.24) is 5.06 Å². The van der Waals surface area contributed by atoms with Gasteiger partial charge in [0.15, 0.2) is 0 Å². The summed E-state index contributed by atoms with van der Waals surface area (Å²) in [4.78, 5) is 5.73. The number of nitrogens with zero attached hydrogens (tertiary/aromatic N) is 1. The van der Waals surface area contributed by atoms with Crippen molar-refractivity contribution in [3.8, 4) is 0 Å². The van der Waals surface area contributed by atoms with Gasteiger partial charge in [-0.2, -0.15) is 5.06 Å². The van der Waals surface area contributed by atoms with Crippen molar-refractivity contribution in [2.75, 3.05) is 13.6 Å². The molecule has 0 N–H and O–H groups in total. The molecular formula is C11H14BrNO. The Bertz CT molecular complexity index is 299. The van der Waals surface area contributed by atoms with E-state index in [-0.39, 0.29) is 6.10 Å². The molecule has 1 atom stereocenters. The summed E-state index contributed by atoms with van der Waals surface area (Å²) < 4.78 is 1.12. The second kappa shape index (κ2) is 4.43. The van der Waals surface area contributed by atoms with Gasteiger partial charge in [0.2, 0.25) is 0 Å². The number of hydrogen-bond acceptors (Lipinski definition) is 2. The Labute approximate surface area is 92.9 Å². The van der Waals surface area contributed by atoms with Crippen molar-refractivity contribution in [2.24, 2.45) is 0 Å². The van der Waals surface area contributed by atoms with Gasteiger partial charge in [0.1, 0.15) is 6.10 Å². The van der Waals surface area contributed by atoms with E-state index in [0.717, 1.165) is 17.4 Å². The molecule has 0 amide bonds. The third-order valence-electron chi connectivity index (χ3n) is 2.49. The first-order valence-corrected chi connectivity index (χ1v) is 5.68. The summed E-state index contributed by atoms with van der Waals surface area (Å²) in [6.45, 7) is 1.03. The van der Waals surface area contributed by atoms with E-state index in [9.17, 15) is 0 Å². The first kappa shape index (κ1) is 10.1. The van der Waals surface area contributed by atoms with Crippen LogP contribution in [0.3, 0.4) is 0 Å². The molecule has 14 heavy (non-hydrogen) atoms. The molecule has 0 spiro atoms. The number of hydroxylamine groups is 2. The first-order chi connectivity index (χ1) is 6.75. The van der Waals surface area contributed by atoms with Crippen LogP contribution in [0, 0.1) is 0 Å². The van der Waals surface area contributed by atoms with Crippen LogP contribution in [0.5, 0.6) is 0 Å². The molecule has 0 saturated carbocycles. The SMILES string of the molecule is CN1CCC[C@@H](c2ccc(Br)cc2)O1. The second-order valence-electron chi connectivity index (χ2n) is 3.64. The molecule has 1 fully saturated rings. The Balaban J connectivity index is 2.10. The van der Waals surface area contributed by atoms with E-state index in [1.54, 1.807) is 0 Å². The molecule has 0 bridgehead atoms. The number of benzene rings is 1. The van der Waals surface area contributed by atoms with Crippen LogP contribution in [0.25, 0.3) is 0 Å². The zero-order chi connectivity index (χ0) is 9.97. The predicted octanol–water partition coefficient (Wildman–Crippen LogP) is 3.15. The third kappa shape index (κ3) is 2.35. The van der Waals surface area contributed by atoms with E-state index < -0.39 is 0 Å². The summed E-state index contributed by atoms with van der Waals surface area (Å²) in [5.74, 6) is 0. The highest BCUT2D eigenvalue weighted by molar-refractivity contribution is 9.10. The lowest BCUT2D eigenvalue weighted by Crippen LogP contribution is -2.28. The molecule has 2 nitrogen and oxygen atoms in total. The first-order valence-electron chi connectivity index (χ1n) is 4.89. The summed E-state index contributed by atoms with van der Waals surface area (Å²) in [5, 5.41) is 1.93. The van der Waals surface area contributed by atoms with Crippen LogP contribution in [0.1, 0.15) is 24.5 Å². The number of hydrogen-bond donors (Lipinski definition) is 0. The number of halogens is 1. The molecule has 2 rings (SSSR count). The molecule has 1 aromatic carbocycles. The highest BCUT2D eigenvalue weighted by Gasteiger charge is 2.19. The Morgan fingerprint density at radius 2 is 2.07 bits per heavy atom. The summed E-state index contributed by atoms with van der Waals surface area (Å²) in [7, 11) is 1.99. The van der Waals surface area contributed by atoms with Crippen LogP contribution in [0.4, 0.5) is 0 Å². The molecule has 1 aliphatic heterocycles. The van der Waals surface area contributed by atoms with E-state index in [2.05, 4.69) is 40.2 Å². The minimum atomic E-state index is 0.238. The van der Waals surface area contributed by atoms with Crippen LogP contribution in [0.2, 0.25) is 0 Å². The lowest BCUT2D eigenvalue weighted by atomic mass is 10.0. The zero-order valence-corrected chi connectivity index (χ0v) is 9.83. The van der Waals surface area contributed by atoms with E-state index in [1.807, 2.05) is 12.1 Å². The van der Waals surface area contributed by atoms with Crippen LogP contribution < -0.4 is 0 Å². The fourth-order valence-electron chi connectivity index (χ4n) is 1.73. The minimum absolute atomic E-state index is 0.238. The predicted molar refractivity (Wildman–Crippen MR) is 59.8 cm³/mol. The van der Waals surface area contributed by atoms with Crippen molar-refractivity contribution in [3.05, 3.63) is 34.3 Å². The van der Waals surface area contributed by atoms with Crippen LogP contribution >= 0.6 is 15.9 Å². The average Bonchev–Trinajstić information content (AvgIpc) is 2.19. The standard InChI is InChI=1S/C11H14BrNO/c1-13-8-2-3-11(14-13)9-4-6-10(12)7-5-9/h4-7,11H,2-3,8H2,1H3/t11-/m0/s1. The minimum Gasteiger partial charge on any atom is -0.291 e. The van der Waals surface area contributed by atoms with Gasteiger partial charge in [-0.05, 0) is 30.5 Å². The van der Waals surface area contributed by atoms with E-state index >= 15 is 0 Å². The molecule has 0 radical (unpaired) electrons. The Morgan fingerprint density at radius 3 is 2.71 bits per heavy atom. The summed E-state index contributed by atoms with van der Waals surface area (Å²) in [6, 6.07) is 8.36. The lowest BCUT2D eigenvalue weighted by molar-refractivity contribution is -0.208.